The van der Waals surface area contributed by atoms with E-state index in [1.165, 1.54) is 31.2 Å². The SMILES string of the molecule is CC1(C(=O)O)CC(c2ccc(C(F)F)cc2)=NO1. The molecule has 6 heteroatoms. The highest BCUT2D eigenvalue weighted by Gasteiger charge is 2.42. The predicted octanol–water partition coefficient (Wildman–Crippen LogP) is 2.59. The van der Waals surface area contributed by atoms with Crippen molar-refractivity contribution in [2.24, 2.45) is 5.16 Å². The highest BCUT2D eigenvalue weighted by Crippen LogP contribution is 2.27. The molecule has 2 rings (SSSR count). The van der Waals surface area contributed by atoms with Gasteiger partial charge in [-0.25, -0.2) is 13.6 Å². The van der Waals surface area contributed by atoms with Gasteiger partial charge in [-0.2, -0.15) is 0 Å². The van der Waals surface area contributed by atoms with Gasteiger partial charge in [0, 0.05) is 12.0 Å². The molecule has 1 aliphatic heterocycles. The Morgan fingerprint density at radius 1 is 1.44 bits per heavy atom. The van der Waals surface area contributed by atoms with Crippen molar-refractivity contribution < 1.29 is 23.5 Å². The predicted molar refractivity (Wildman–Crippen MR) is 59.7 cm³/mol. The Hall–Kier alpha value is -1.98. The van der Waals surface area contributed by atoms with E-state index in [-0.39, 0.29) is 12.0 Å². The lowest BCUT2D eigenvalue weighted by atomic mass is 9.96. The van der Waals surface area contributed by atoms with Crippen LogP contribution in [0.1, 0.15) is 30.9 Å². The summed E-state index contributed by atoms with van der Waals surface area (Å²) >= 11 is 0. The number of rotatable bonds is 3. The van der Waals surface area contributed by atoms with Crippen LogP contribution >= 0.6 is 0 Å². The Morgan fingerprint density at radius 3 is 2.50 bits per heavy atom. The third kappa shape index (κ3) is 2.18. The quantitative estimate of drug-likeness (QED) is 0.903. The zero-order valence-corrected chi connectivity index (χ0v) is 9.56. The number of carboxylic acids is 1. The van der Waals surface area contributed by atoms with E-state index in [0.29, 0.717) is 11.3 Å². The minimum Gasteiger partial charge on any atom is -0.478 e. The highest BCUT2D eigenvalue weighted by atomic mass is 19.3. The molecular formula is C12H11F2NO3. The molecule has 18 heavy (non-hydrogen) atoms. The first-order valence-electron chi connectivity index (χ1n) is 5.29. The van der Waals surface area contributed by atoms with Gasteiger partial charge in [-0.05, 0) is 12.5 Å². The van der Waals surface area contributed by atoms with E-state index in [1.54, 1.807) is 0 Å². The summed E-state index contributed by atoms with van der Waals surface area (Å²) in [6, 6.07) is 5.55. The van der Waals surface area contributed by atoms with Gasteiger partial charge < -0.3 is 9.94 Å². The number of benzene rings is 1. The first kappa shape index (κ1) is 12.5. The van der Waals surface area contributed by atoms with Crippen molar-refractivity contribution in [2.45, 2.75) is 25.4 Å². The molecular weight excluding hydrogens is 244 g/mol. The number of hydrogen-bond donors (Lipinski definition) is 1. The molecule has 1 N–H and O–H groups in total. The fraction of sp³-hybridized carbons (Fsp3) is 0.333. The summed E-state index contributed by atoms with van der Waals surface area (Å²) in [6.45, 7) is 1.42. The molecule has 0 amide bonds. The Bertz CT molecular complexity index is 499. The third-order valence-electron chi connectivity index (χ3n) is 2.81. The summed E-state index contributed by atoms with van der Waals surface area (Å²) in [7, 11) is 0. The van der Waals surface area contributed by atoms with Gasteiger partial charge in [-0.3, -0.25) is 0 Å². The number of carboxylic acid groups (broad SMARTS) is 1. The van der Waals surface area contributed by atoms with E-state index in [4.69, 9.17) is 9.94 Å². The second kappa shape index (κ2) is 4.36. The van der Waals surface area contributed by atoms with Crippen LogP contribution in [0.2, 0.25) is 0 Å². The van der Waals surface area contributed by atoms with E-state index < -0.39 is 18.0 Å². The van der Waals surface area contributed by atoms with Crippen molar-refractivity contribution in [2.75, 3.05) is 0 Å². The van der Waals surface area contributed by atoms with E-state index in [2.05, 4.69) is 5.16 Å². The number of carbonyl (C=O) groups is 1. The van der Waals surface area contributed by atoms with E-state index in [9.17, 15) is 13.6 Å². The lowest BCUT2D eigenvalue weighted by molar-refractivity contribution is -0.160. The minimum atomic E-state index is -2.52. The van der Waals surface area contributed by atoms with Crippen LogP contribution in [0, 0.1) is 0 Å². The van der Waals surface area contributed by atoms with Crippen LogP contribution in [0.5, 0.6) is 0 Å². The molecule has 1 heterocycles. The van der Waals surface area contributed by atoms with Crippen LogP contribution in [0.25, 0.3) is 0 Å². The normalized spacial score (nSPS) is 22.8. The summed E-state index contributed by atoms with van der Waals surface area (Å²) in [4.78, 5) is 15.8. The van der Waals surface area contributed by atoms with Crippen LogP contribution in [0.3, 0.4) is 0 Å². The molecule has 1 aromatic carbocycles. The van der Waals surface area contributed by atoms with Gasteiger partial charge in [0.1, 0.15) is 0 Å². The van der Waals surface area contributed by atoms with Crippen LogP contribution < -0.4 is 0 Å². The van der Waals surface area contributed by atoms with Gasteiger partial charge in [-0.15, -0.1) is 0 Å². The second-order valence-electron chi connectivity index (χ2n) is 4.26. The molecule has 0 radical (unpaired) electrons. The molecule has 1 unspecified atom stereocenters. The lowest BCUT2D eigenvalue weighted by Gasteiger charge is -2.14. The van der Waals surface area contributed by atoms with Gasteiger partial charge in [-0.1, -0.05) is 29.4 Å². The molecule has 96 valence electrons. The number of oxime groups is 1. The Kier molecular flexibility index (Phi) is 3.02. The monoisotopic (exact) mass is 255 g/mol. The fourth-order valence-electron chi connectivity index (χ4n) is 1.63. The average Bonchev–Trinajstić information content (AvgIpc) is 2.73. The Morgan fingerprint density at radius 2 is 2.06 bits per heavy atom. The molecule has 1 atom stereocenters. The number of aliphatic carboxylic acids is 1. The smallest absolute Gasteiger partial charge is 0.351 e. The molecule has 4 nitrogen and oxygen atoms in total. The zero-order chi connectivity index (χ0) is 13.3. The van der Waals surface area contributed by atoms with Gasteiger partial charge in [0.25, 0.3) is 6.43 Å². The van der Waals surface area contributed by atoms with E-state index in [1.807, 2.05) is 0 Å². The Balaban J connectivity index is 2.17. The molecule has 0 fully saturated rings. The highest BCUT2D eigenvalue weighted by molar-refractivity contribution is 6.04. The second-order valence-corrected chi connectivity index (χ2v) is 4.26. The number of nitrogens with zero attached hydrogens (tertiary/aromatic N) is 1. The first-order chi connectivity index (χ1) is 8.42. The molecule has 0 saturated heterocycles. The van der Waals surface area contributed by atoms with Crippen molar-refractivity contribution in [3.8, 4) is 0 Å². The molecule has 0 aliphatic carbocycles. The van der Waals surface area contributed by atoms with Crippen molar-refractivity contribution in [1.29, 1.82) is 0 Å². The number of hydrogen-bond acceptors (Lipinski definition) is 3. The molecule has 1 aliphatic rings. The standard InChI is InChI=1S/C12H11F2NO3/c1-12(11(16)17)6-9(15-18-12)7-2-4-8(5-3-7)10(13)14/h2-5,10H,6H2,1H3,(H,16,17). The fourth-order valence-corrected chi connectivity index (χ4v) is 1.63. The zero-order valence-electron chi connectivity index (χ0n) is 9.56. The van der Waals surface area contributed by atoms with Crippen molar-refractivity contribution >= 4 is 11.7 Å². The summed E-state index contributed by atoms with van der Waals surface area (Å²) in [6.07, 6.45) is -2.42. The molecule has 0 saturated carbocycles. The van der Waals surface area contributed by atoms with E-state index >= 15 is 0 Å². The van der Waals surface area contributed by atoms with Gasteiger partial charge >= 0.3 is 5.97 Å². The largest absolute Gasteiger partial charge is 0.478 e. The molecule has 1 aromatic rings. The van der Waals surface area contributed by atoms with Crippen molar-refractivity contribution in [3.63, 3.8) is 0 Å². The third-order valence-corrected chi connectivity index (χ3v) is 2.81. The van der Waals surface area contributed by atoms with Crippen LogP contribution in [-0.4, -0.2) is 22.4 Å². The summed E-state index contributed by atoms with van der Waals surface area (Å²) in [5.41, 5.74) is -0.430. The van der Waals surface area contributed by atoms with Crippen molar-refractivity contribution in [3.05, 3.63) is 35.4 Å². The number of alkyl halides is 2. The van der Waals surface area contributed by atoms with Crippen LogP contribution in [0.4, 0.5) is 8.78 Å². The molecule has 0 aromatic heterocycles. The topological polar surface area (TPSA) is 58.9 Å². The Labute approximate surface area is 102 Å². The number of halogens is 2. The molecule has 0 spiro atoms. The maximum atomic E-state index is 12.4. The maximum absolute atomic E-state index is 12.4. The lowest BCUT2D eigenvalue weighted by Crippen LogP contribution is -2.35. The molecule has 0 bridgehead atoms. The summed E-state index contributed by atoms with van der Waals surface area (Å²) in [5.74, 6) is -1.11. The summed E-state index contributed by atoms with van der Waals surface area (Å²) in [5, 5.41) is 12.7. The van der Waals surface area contributed by atoms with Crippen LogP contribution in [-0.2, 0) is 9.63 Å². The maximum Gasteiger partial charge on any atom is 0.351 e. The van der Waals surface area contributed by atoms with Gasteiger partial charge in [0.15, 0.2) is 0 Å². The van der Waals surface area contributed by atoms with E-state index in [0.717, 1.165) is 0 Å². The summed E-state index contributed by atoms with van der Waals surface area (Å²) < 4.78 is 24.7. The minimum absolute atomic E-state index is 0.0840. The van der Waals surface area contributed by atoms with Crippen molar-refractivity contribution in [1.82, 2.24) is 0 Å². The average molecular weight is 255 g/mol. The first-order valence-corrected chi connectivity index (χ1v) is 5.29. The van der Waals surface area contributed by atoms with Gasteiger partial charge in [0.2, 0.25) is 5.60 Å². The van der Waals surface area contributed by atoms with Gasteiger partial charge in [0.05, 0.1) is 5.71 Å². The van der Waals surface area contributed by atoms with Crippen LogP contribution in [0.15, 0.2) is 29.4 Å².